The van der Waals surface area contributed by atoms with Crippen LogP contribution >= 0.6 is 10.8 Å². The molecule has 0 aliphatic carbocycles. The van der Waals surface area contributed by atoms with Gasteiger partial charge in [-0.2, -0.15) is 0 Å². The molecule has 4 aromatic rings. The van der Waals surface area contributed by atoms with Crippen LogP contribution in [0.15, 0.2) is 78.1 Å². The van der Waals surface area contributed by atoms with E-state index in [0.29, 0.717) is 40.5 Å². The molecular weight excluding hydrogens is 478 g/mol. The van der Waals surface area contributed by atoms with Gasteiger partial charge in [0.05, 0.1) is 36.2 Å². The van der Waals surface area contributed by atoms with Crippen molar-refractivity contribution in [1.29, 1.82) is 0 Å². The molecule has 1 aliphatic rings. The molecule has 0 saturated carbocycles. The van der Waals surface area contributed by atoms with E-state index in [-0.39, 0.29) is 11.9 Å². The largest absolute Gasteiger partial charge is 0.494 e. The molecule has 1 amide bonds. The van der Waals surface area contributed by atoms with Gasteiger partial charge in [-0.05, 0) is 42.8 Å². The first-order valence-corrected chi connectivity index (χ1v) is 12.9. The number of methoxy groups -OCH3 is 1. The summed E-state index contributed by atoms with van der Waals surface area (Å²) >= 11 is 0. The number of pyridine rings is 2. The van der Waals surface area contributed by atoms with Crippen LogP contribution in [0.3, 0.4) is 0 Å². The SMILES string of the molecule is COc1ccncc1NC1CN(C(=O)c2ccc(NS(O)(O)c3cccc4cccnc34)c(C)c2)C1. The summed E-state index contributed by atoms with van der Waals surface area (Å²) in [5.41, 5.74) is 3.12. The van der Waals surface area contributed by atoms with Gasteiger partial charge in [0.1, 0.15) is 10.6 Å². The van der Waals surface area contributed by atoms with Crippen molar-refractivity contribution in [3.8, 4) is 5.75 Å². The number of nitrogens with zero attached hydrogens (tertiary/aromatic N) is 3. The topological polar surface area (TPSA) is 120 Å². The number of anilines is 2. The predicted molar refractivity (Wildman–Crippen MR) is 142 cm³/mol. The Labute approximate surface area is 210 Å². The minimum Gasteiger partial charge on any atom is -0.494 e. The zero-order chi connectivity index (χ0) is 25.3. The molecule has 0 bridgehead atoms. The number of aromatic nitrogens is 2. The van der Waals surface area contributed by atoms with Crippen molar-refractivity contribution in [2.24, 2.45) is 0 Å². The molecular formula is C26H27N5O4S. The maximum Gasteiger partial charge on any atom is 0.254 e. The highest BCUT2D eigenvalue weighted by molar-refractivity contribution is 8.25. The van der Waals surface area contributed by atoms with Crippen LogP contribution in [0.1, 0.15) is 15.9 Å². The minimum absolute atomic E-state index is 0.0780. The quantitative estimate of drug-likeness (QED) is 0.276. The zero-order valence-electron chi connectivity index (χ0n) is 19.9. The van der Waals surface area contributed by atoms with Crippen LogP contribution in [-0.2, 0) is 0 Å². The summed E-state index contributed by atoms with van der Waals surface area (Å²) in [4.78, 5) is 23.5. The van der Waals surface area contributed by atoms with Gasteiger partial charge in [-0.25, -0.2) is 0 Å². The lowest BCUT2D eigenvalue weighted by atomic mass is 10.0. The highest BCUT2D eigenvalue weighted by Crippen LogP contribution is 2.50. The molecule has 1 fully saturated rings. The Bertz CT molecular complexity index is 1420. The second-order valence-corrected chi connectivity index (χ2v) is 10.4. The van der Waals surface area contributed by atoms with Crippen LogP contribution in [0, 0.1) is 6.92 Å². The van der Waals surface area contributed by atoms with Crippen LogP contribution in [0.2, 0.25) is 0 Å². The number of likely N-dealkylation sites (tertiary alicyclic amines) is 1. The summed E-state index contributed by atoms with van der Waals surface area (Å²) in [6.45, 7) is 2.94. The number of hydrogen-bond acceptors (Lipinski definition) is 8. The van der Waals surface area contributed by atoms with E-state index >= 15 is 0 Å². The van der Waals surface area contributed by atoms with E-state index in [0.717, 1.165) is 16.6 Å². The Hall–Kier alpha value is -3.86. The van der Waals surface area contributed by atoms with Gasteiger partial charge in [0.25, 0.3) is 5.91 Å². The normalized spacial score (nSPS) is 14.3. The average molecular weight is 506 g/mol. The Morgan fingerprint density at radius 1 is 1.08 bits per heavy atom. The molecule has 0 unspecified atom stereocenters. The lowest BCUT2D eigenvalue weighted by molar-refractivity contribution is 0.0625. The number of ether oxygens (including phenoxy) is 1. The van der Waals surface area contributed by atoms with Crippen LogP contribution in [0.5, 0.6) is 5.75 Å². The van der Waals surface area contributed by atoms with Gasteiger partial charge in [-0.15, -0.1) is 0 Å². The lowest BCUT2D eigenvalue weighted by Crippen LogP contribution is -2.57. The molecule has 186 valence electrons. The van der Waals surface area contributed by atoms with Gasteiger partial charge < -0.3 is 15.0 Å². The smallest absolute Gasteiger partial charge is 0.254 e. The molecule has 5 rings (SSSR count). The molecule has 2 aromatic heterocycles. The van der Waals surface area contributed by atoms with Crippen molar-refractivity contribution in [3.05, 3.63) is 84.3 Å². The number of carbonyl (C=O) groups is 1. The number of carbonyl (C=O) groups excluding carboxylic acids is 1. The van der Waals surface area contributed by atoms with E-state index in [1.807, 2.05) is 19.1 Å². The number of nitrogens with one attached hydrogen (secondary N) is 2. The molecule has 1 saturated heterocycles. The van der Waals surface area contributed by atoms with Crippen molar-refractivity contribution in [3.63, 3.8) is 0 Å². The Morgan fingerprint density at radius 2 is 1.89 bits per heavy atom. The Morgan fingerprint density at radius 3 is 2.67 bits per heavy atom. The highest BCUT2D eigenvalue weighted by Gasteiger charge is 2.32. The molecule has 0 radical (unpaired) electrons. The fraction of sp³-hybridized carbons (Fsp3) is 0.192. The van der Waals surface area contributed by atoms with E-state index in [1.165, 1.54) is 0 Å². The molecule has 10 heteroatoms. The maximum absolute atomic E-state index is 13.0. The number of para-hydroxylation sites is 1. The average Bonchev–Trinajstić information content (AvgIpc) is 2.86. The second-order valence-electron chi connectivity index (χ2n) is 8.64. The summed E-state index contributed by atoms with van der Waals surface area (Å²) in [5, 5.41) is 4.18. The van der Waals surface area contributed by atoms with Crippen molar-refractivity contribution in [2.75, 3.05) is 30.2 Å². The predicted octanol–water partition coefficient (Wildman–Crippen LogP) is 5.02. The van der Waals surface area contributed by atoms with Crippen molar-refractivity contribution >= 4 is 39.0 Å². The van der Waals surface area contributed by atoms with Gasteiger partial charge in [-0.3, -0.25) is 28.6 Å². The third-order valence-corrected chi connectivity index (χ3v) is 7.60. The summed E-state index contributed by atoms with van der Waals surface area (Å²) in [7, 11) is -1.77. The molecule has 3 heterocycles. The van der Waals surface area contributed by atoms with Gasteiger partial charge in [0, 0.05) is 42.5 Å². The molecule has 36 heavy (non-hydrogen) atoms. The second kappa shape index (κ2) is 9.65. The molecule has 0 spiro atoms. The summed E-state index contributed by atoms with van der Waals surface area (Å²) in [6, 6.07) is 16.0. The molecule has 2 aromatic carbocycles. The fourth-order valence-corrected chi connectivity index (χ4v) is 5.59. The van der Waals surface area contributed by atoms with Crippen molar-refractivity contribution in [1.82, 2.24) is 14.9 Å². The van der Waals surface area contributed by atoms with E-state index < -0.39 is 10.8 Å². The van der Waals surface area contributed by atoms with Crippen LogP contribution in [0.25, 0.3) is 10.9 Å². The van der Waals surface area contributed by atoms with Gasteiger partial charge in [0.2, 0.25) is 0 Å². The maximum atomic E-state index is 13.0. The first-order chi connectivity index (χ1) is 17.4. The standard InChI is InChI=1S/C26H27N5O4S/c1-17-13-19(26(32)31-15-20(16-31)29-22-14-27-12-10-23(22)35-2)8-9-21(17)30-36(33,34)24-7-3-5-18-6-4-11-28-25(18)24/h3-14,20,29-30,33-34H,15-16H2,1-2H3. The number of rotatable bonds is 7. The van der Waals surface area contributed by atoms with Crippen LogP contribution in [0.4, 0.5) is 11.4 Å². The van der Waals surface area contributed by atoms with Gasteiger partial charge in [0.15, 0.2) is 0 Å². The molecule has 9 nitrogen and oxygen atoms in total. The van der Waals surface area contributed by atoms with E-state index in [4.69, 9.17) is 4.74 Å². The fourth-order valence-electron chi connectivity index (χ4n) is 4.23. The van der Waals surface area contributed by atoms with Crippen molar-refractivity contribution in [2.45, 2.75) is 17.9 Å². The zero-order valence-corrected chi connectivity index (χ0v) is 20.7. The van der Waals surface area contributed by atoms with Crippen LogP contribution in [-0.4, -0.2) is 56.1 Å². The number of hydrogen-bond donors (Lipinski definition) is 4. The molecule has 4 N–H and O–H groups in total. The Balaban J connectivity index is 1.26. The van der Waals surface area contributed by atoms with E-state index in [9.17, 15) is 13.9 Å². The number of benzene rings is 2. The number of fused-ring (bicyclic) bond motifs is 1. The summed E-state index contributed by atoms with van der Waals surface area (Å²) in [5.74, 6) is 0.629. The summed E-state index contributed by atoms with van der Waals surface area (Å²) < 4.78 is 30.1. The van der Waals surface area contributed by atoms with Crippen LogP contribution < -0.4 is 14.8 Å². The third kappa shape index (κ3) is 4.66. The number of amides is 1. The van der Waals surface area contributed by atoms with E-state index in [1.54, 1.807) is 73.1 Å². The van der Waals surface area contributed by atoms with Crippen molar-refractivity contribution < 1.29 is 18.6 Å². The first kappa shape index (κ1) is 23.9. The summed E-state index contributed by atoms with van der Waals surface area (Å²) in [6.07, 6.45) is 4.99. The van der Waals surface area contributed by atoms with E-state index in [2.05, 4.69) is 20.0 Å². The van der Waals surface area contributed by atoms with Gasteiger partial charge in [-0.1, -0.05) is 29.0 Å². The minimum atomic E-state index is -3.38. The Kier molecular flexibility index (Phi) is 6.40. The number of aryl methyl sites for hydroxylation is 1. The molecule has 1 aliphatic heterocycles. The lowest BCUT2D eigenvalue weighted by Gasteiger charge is -2.40. The highest BCUT2D eigenvalue weighted by atomic mass is 32.3. The third-order valence-electron chi connectivity index (χ3n) is 6.16. The monoisotopic (exact) mass is 505 g/mol. The van der Waals surface area contributed by atoms with Gasteiger partial charge >= 0.3 is 0 Å². The molecule has 0 atom stereocenters. The first-order valence-electron chi connectivity index (χ1n) is 11.4.